The molecule has 0 saturated carbocycles. The summed E-state index contributed by atoms with van der Waals surface area (Å²) in [5.74, 6) is 0.706. The van der Waals surface area contributed by atoms with Gasteiger partial charge < -0.3 is 4.90 Å². The fourth-order valence-corrected chi connectivity index (χ4v) is 5.13. The molecule has 0 aliphatic carbocycles. The van der Waals surface area contributed by atoms with Crippen molar-refractivity contribution in [2.45, 2.75) is 45.2 Å². The summed E-state index contributed by atoms with van der Waals surface area (Å²) < 4.78 is 0. The van der Waals surface area contributed by atoms with Gasteiger partial charge >= 0.3 is 0 Å². The van der Waals surface area contributed by atoms with E-state index in [9.17, 15) is 4.79 Å². The lowest BCUT2D eigenvalue weighted by Gasteiger charge is -2.36. The second kappa shape index (κ2) is 7.89. The summed E-state index contributed by atoms with van der Waals surface area (Å²) in [5, 5.41) is 3.03. The molecule has 0 N–H and O–H groups in total. The lowest BCUT2D eigenvalue weighted by atomic mass is 9.94. The Labute approximate surface area is 159 Å². The molecule has 26 heavy (non-hydrogen) atoms. The first-order chi connectivity index (χ1) is 12.7. The van der Waals surface area contributed by atoms with E-state index in [1.54, 1.807) is 11.3 Å². The summed E-state index contributed by atoms with van der Waals surface area (Å²) in [6.07, 6.45) is 4.47. The molecular formula is C21H27N3OS. The molecule has 3 aliphatic rings. The molecule has 3 saturated heterocycles. The molecule has 2 aromatic rings. The third-order valence-electron chi connectivity index (χ3n) is 5.58. The molecule has 1 aromatic heterocycles. The fraction of sp³-hybridized carbons (Fsp3) is 0.524. The van der Waals surface area contributed by atoms with Crippen LogP contribution in [0.4, 0.5) is 0 Å². The van der Waals surface area contributed by atoms with Gasteiger partial charge in [0.25, 0.3) is 5.91 Å². The van der Waals surface area contributed by atoms with Crippen LogP contribution in [0.2, 0.25) is 0 Å². The number of amides is 1. The van der Waals surface area contributed by atoms with Crippen molar-refractivity contribution in [3.05, 3.63) is 52.0 Å². The topological polar surface area (TPSA) is 36.4 Å². The molecular weight excluding hydrogens is 342 g/mol. The Morgan fingerprint density at radius 1 is 1.19 bits per heavy atom. The number of fused-ring (bicyclic) bond motifs is 4. The first-order valence-electron chi connectivity index (χ1n) is 9.74. The minimum absolute atomic E-state index is 0.127. The lowest BCUT2D eigenvalue weighted by molar-refractivity contribution is 0.0730. The largest absolute Gasteiger partial charge is 0.335 e. The van der Waals surface area contributed by atoms with E-state index < -0.39 is 0 Å². The normalized spacial score (nSPS) is 23.2. The molecule has 3 fully saturated rings. The zero-order valence-corrected chi connectivity index (χ0v) is 16.3. The predicted octanol–water partition coefficient (Wildman–Crippen LogP) is 3.83. The van der Waals surface area contributed by atoms with E-state index in [0.717, 1.165) is 44.0 Å². The smallest absolute Gasteiger partial charge is 0.273 e. The van der Waals surface area contributed by atoms with Crippen LogP contribution in [0.15, 0.2) is 35.7 Å². The minimum Gasteiger partial charge on any atom is -0.335 e. The van der Waals surface area contributed by atoms with Crippen LogP contribution in [0.5, 0.6) is 0 Å². The Morgan fingerprint density at radius 2 is 2.04 bits per heavy atom. The van der Waals surface area contributed by atoms with Crippen molar-refractivity contribution in [3.8, 4) is 0 Å². The average molecular weight is 370 g/mol. The maximum Gasteiger partial charge on any atom is 0.273 e. The quantitative estimate of drug-likeness (QED) is 0.804. The van der Waals surface area contributed by atoms with Gasteiger partial charge in [-0.2, -0.15) is 0 Å². The Kier molecular flexibility index (Phi) is 5.36. The SMILES string of the molecule is CCCc1nc(C(=O)N2CC3CCC(C2)N(Cc2ccccc2)C3)cs1. The number of rotatable bonds is 5. The standard InChI is InChI=1S/C21H27N3OS/c1-2-6-20-22-19(15-26-20)21(25)24-13-17-9-10-18(14-24)23(12-17)11-16-7-4-3-5-8-16/h3-5,7-8,15,17-18H,2,6,9-14H2,1H3. The third kappa shape index (κ3) is 3.84. The second-order valence-electron chi connectivity index (χ2n) is 7.60. The van der Waals surface area contributed by atoms with Gasteiger partial charge in [0, 0.05) is 37.6 Å². The predicted molar refractivity (Wildman–Crippen MR) is 105 cm³/mol. The van der Waals surface area contributed by atoms with Crippen LogP contribution in [-0.4, -0.2) is 46.4 Å². The van der Waals surface area contributed by atoms with Crippen LogP contribution in [0.3, 0.4) is 0 Å². The van der Waals surface area contributed by atoms with Gasteiger partial charge in [-0.1, -0.05) is 37.3 Å². The number of piperidine rings is 1. The molecule has 2 unspecified atom stereocenters. The summed E-state index contributed by atoms with van der Waals surface area (Å²) in [6, 6.07) is 11.2. The highest BCUT2D eigenvalue weighted by molar-refractivity contribution is 7.09. The molecule has 2 bridgehead atoms. The summed E-state index contributed by atoms with van der Waals surface area (Å²) in [6.45, 7) is 5.95. The zero-order chi connectivity index (χ0) is 17.9. The number of thiazole rings is 1. The number of aryl methyl sites for hydroxylation is 1. The van der Waals surface area contributed by atoms with Crippen LogP contribution < -0.4 is 0 Å². The van der Waals surface area contributed by atoms with Gasteiger partial charge in [-0.15, -0.1) is 11.3 Å². The molecule has 138 valence electrons. The molecule has 2 atom stereocenters. The summed E-state index contributed by atoms with van der Waals surface area (Å²) in [5.41, 5.74) is 2.01. The van der Waals surface area contributed by atoms with Gasteiger partial charge in [0.05, 0.1) is 5.01 Å². The zero-order valence-electron chi connectivity index (χ0n) is 15.4. The van der Waals surface area contributed by atoms with Crippen LogP contribution >= 0.6 is 11.3 Å². The van der Waals surface area contributed by atoms with E-state index in [2.05, 4.69) is 52.0 Å². The highest BCUT2D eigenvalue weighted by atomic mass is 32.1. The summed E-state index contributed by atoms with van der Waals surface area (Å²) >= 11 is 1.62. The van der Waals surface area contributed by atoms with Crippen molar-refractivity contribution in [2.24, 2.45) is 5.92 Å². The second-order valence-corrected chi connectivity index (χ2v) is 8.54. The Bertz CT molecular complexity index is 745. The molecule has 5 heteroatoms. The molecule has 0 radical (unpaired) electrons. The Hall–Kier alpha value is -1.72. The van der Waals surface area contributed by atoms with Gasteiger partial charge in [-0.3, -0.25) is 9.69 Å². The Balaban J connectivity index is 1.46. The van der Waals surface area contributed by atoms with Gasteiger partial charge in [-0.05, 0) is 37.2 Å². The number of aromatic nitrogens is 1. The number of carbonyl (C=O) groups is 1. The molecule has 3 aliphatic heterocycles. The third-order valence-corrected chi connectivity index (χ3v) is 6.49. The maximum absolute atomic E-state index is 13.0. The van der Waals surface area contributed by atoms with E-state index >= 15 is 0 Å². The van der Waals surface area contributed by atoms with E-state index in [4.69, 9.17) is 0 Å². The van der Waals surface area contributed by atoms with Crippen molar-refractivity contribution >= 4 is 17.2 Å². The van der Waals surface area contributed by atoms with E-state index in [1.807, 2.05) is 5.38 Å². The summed E-state index contributed by atoms with van der Waals surface area (Å²) in [4.78, 5) is 22.2. The molecule has 4 heterocycles. The molecule has 1 aromatic carbocycles. The molecule has 5 rings (SSSR count). The first kappa shape index (κ1) is 17.7. The van der Waals surface area contributed by atoms with E-state index in [1.165, 1.54) is 18.4 Å². The van der Waals surface area contributed by atoms with E-state index in [-0.39, 0.29) is 5.91 Å². The van der Waals surface area contributed by atoms with Crippen LogP contribution in [-0.2, 0) is 13.0 Å². The van der Waals surface area contributed by atoms with Crippen molar-refractivity contribution in [1.29, 1.82) is 0 Å². The van der Waals surface area contributed by atoms with Crippen LogP contribution in [0, 0.1) is 5.92 Å². The lowest BCUT2D eigenvalue weighted by Crippen LogP contribution is -2.43. The number of hydrogen-bond acceptors (Lipinski definition) is 4. The highest BCUT2D eigenvalue weighted by Gasteiger charge is 2.37. The number of nitrogens with zero attached hydrogens (tertiary/aromatic N) is 3. The van der Waals surface area contributed by atoms with Crippen molar-refractivity contribution in [1.82, 2.24) is 14.8 Å². The molecule has 0 spiro atoms. The van der Waals surface area contributed by atoms with Gasteiger partial charge in [-0.25, -0.2) is 4.98 Å². The number of carbonyl (C=O) groups excluding carboxylic acids is 1. The molecule has 4 nitrogen and oxygen atoms in total. The van der Waals surface area contributed by atoms with Crippen LogP contribution in [0.25, 0.3) is 0 Å². The van der Waals surface area contributed by atoms with Gasteiger partial charge in [0.1, 0.15) is 5.69 Å². The van der Waals surface area contributed by atoms with Gasteiger partial charge in [0.2, 0.25) is 0 Å². The number of hydrogen-bond donors (Lipinski definition) is 0. The maximum atomic E-state index is 13.0. The van der Waals surface area contributed by atoms with Gasteiger partial charge in [0.15, 0.2) is 0 Å². The van der Waals surface area contributed by atoms with E-state index in [0.29, 0.717) is 17.7 Å². The monoisotopic (exact) mass is 369 g/mol. The summed E-state index contributed by atoms with van der Waals surface area (Å²) in [7, 11) is 0. The number of benzene rings is 1. The van der Waals surface area contributed by atoms with Crippen molar-refractivity contribution < 1.29 is 4.79 Å². The Morgan fingerprint density at radius 3 is 2.85 bits per heavy atom. The average Bonchev–Trinajstić information content (AvgIpc) is 2.93. The van der Waals surface area contributed by atoms with Crippen LogP contribution in [0.1, 0.15) is 47.2 Å². The highest BCUT2D eigenvalue weighted by Crippen LogP contribution is 2.30. The molecule has 1 amide bonds. The minimum atomic E-state index is 0.127. The fourth-order valence-electron chi connectivity index (χ4n) is 4.26. The van der Waals surface area contributed by atoms with Crippen molar-refractivity contribution in [3.63, 3.8) is 0 Å². The first-order valence-corrected chi connectivity index (χ1v) is 10.6. The van der Waals surface area contributed by atoms with Crippen molar-refractivity contribution in [2.75, 3.05) is 19.6 Å².